The zero-order chi connectivity index (χ0) is 12.1. The number of aromatic nitrogens is 2. The summed E-state index contributed by atoms with van der Waals surface area (Å²) >= 11 is 0. The standard InChI is InChI=1S/C12H17N3O/c1-5-7-15(8-6-2)12-11(9-16)10(3)13-14(12)4/h1,9H,6-8H2,2-4H3. The second-order valence-electron chi connectivity index (χ2n) is 3.69. The van der Waals surface area contributed by atoms with Crippen LogP contribution in [0.5, 0.6) is 0 Å². The third kappa shape index (κ3) is 2.25. The van der Waals surface area contributed by atoms with Crippen molar-refractivity contribution in [2.75, 3.05) is 18.0 Å². The van der Waals surface area contributed by atoms with Crippen molar-refractivity contribution in [2.24, 2.45) is 7.05 Å². The van der Waals surface area contributed by atoms with E-state index >= 15 is 0 Å². The van der Waals surface area contributed by atoms with Gasteiger partial charge in [-0.1, -0.05) is 12.8 Å². The first kappa shape index (κ1) is 12.3. The molecule has 16 heavy (non-hydrogen) atoms. The van der Waals surface area contributed by atoms with Gasteiger partial charge in [-0.3, -0.25) is 9.48 Å². The lowest BCUT2D eigenvalue weighted by Crippen LogP contribution is -2.27. The van der Waals surface area contributed by atoms with Gasteiger partial charge in [0, 0.05) is 13.6 Å². The molecule has 0 saturated carbocycles. The molecule has 1 aromatic heterocycles. The molecule has 0 aromatic carbocycles. The summed E-state index contributed by atoms with van der Waals surface area (Å²) < 4.78 is 1.71. The number of rotatable bonds is 5. The van der Waals surface area contributed by atoms with Crippen LogP contribution in [0, 0.1) is 19.3 Å². The predicted molar refractivity (Wildman–Crippen MR) is 64.7 cm³/mol. The molecule has 0 N–H and O–H groups in total. The first-order chi connectivity index (χ1) is 7.65. The molecule has 4 nitrogen and oxygen atoms in total. The quantitative estimate of drug-likeness (QED) is 0.555. The second kappa shape index (κ2) is 5.36. The molecule has 0 atom stereocenters. The molecule has 4 heteroatoms. The van der Waals surface area contributed by atoms with Gasteiger partial charge in [0.2, 0.25) is 0 Å². The number of aryl methyl sites for hydroxylation is 2. The summed E-state index contributed by atoms with van der Waals surface area (Å²) in [6.07, 6.45) is 7.16. The second-order valence-corrected chi connectivity index (χ2v) is 3.69. The molecule has 0 aliphatic carbocycles. The zero-order valence-electron chi connectivity index (χ0n) is 10.0. The number of anilines is 1. The van der Waals surface area contributed by atoms with Gasteiger partial charge in [-0.25, -0.2) is 0 Å². The van der Waals surface area contributed by atoms with Crippen LogP contribution >= 0.6 is 0 Å². The number of hydrogen-bond acceptors (Lipinski definition) is 3. The van der Waals surface area contributed by atoms with Gasteiger partial charge >= 0.3 is 0 Å². The van der Waals surface area contributed by atoms with Crippen LogP contribution in [0.2, 0.25) is 0 Å². The normalized spacial score (nSPS) is 9.88. The molecule has 0 aliphatic rings. The Kier molecular flexibility index (Phi) is 4.12. The molecule has 0 radical (unpaired) electrons. The fourth-order valence-corrected chi connectivity index (χ4v) is 1.82. The molecule has 1 rings (SSSR count). The largest absolute Gasteiger partial charge is 0.345 e. The Balaban J connectivity index is 3.17. The molecular weight excluding hydrogens is 202 g/mol. The lowest BCUT2D eigenvalue weighted by Gasteiger charge is -2.22. The fourth-order valence-electron chi connectivity index (χ4n) is 1.82. The SMILES string of the molecule is C#CCN(CCC)c1c(C=O)c(C)nn1C. The Hall–Kier alpha value is -1.76. The van der Waals surface area contributed by atoms with E-state index < -0.39 is 0 Å². The van der Waals surface area contributed by atoms with Crippen molar-refractivity contribution in [3.05, 3.63) is 11.3 Å². The van der Waals surface area contributed by atoms with E-state index in [0.29, 0.717) is 12.1 Å². The minimum Gasteiger partial charge on any atom is -0.345 e. The minimum atomic E-state index is 0.494. The highest BCUT2D eigenvalue weighted by atomic mass is 16.1. The highest BCUT2D eigenvalue weighted by molar-refractivity contribution is 5.84. The molecule has 86 valence electrons. The van der Waals surface area contributed by atoms with E-state index in [-0.39, 0.29) is 0 Å². The number of carbonyl (C=O) groups excluding carboxylic acids is 1. The summed E-state index contributed by atoms with van der Waals surface area (Å²) in [5.41, 5.74) is 1.37. The monoisotopic (exact) mass is 219 g/mol. The number of carbonyl (C=O) groups is 1. The summed E-state index contributed by atoms with van der Waals surface area (Å²) in [5, 5.41) is 4.24. The van der Waals surface area contributed by atoms with Crippen molar-refractivity contribution in [3.8, 4) is 12.3 Å². The molecule has 0 bridgehead atoms. The van der Waals surface area contributed by atoms with Crippen molar-refractivity contribution >= 4 is 12.1 Å². The fraction of sp³-hybridized carbons (Fsp3) is 0.500. The van der Waals surface area contributed by atoms with Crippen LogP contribution < -0.4 is 4.90 Å². The number of terminal acetylenes is 1. The number of nitrogens with zero attached hydrogens (tertiary/aromatic N) is 3. The first-order valence-electron chi connectivity index (χ1n) is 5.32. The summed E-state index contributed by atoms with van der Waals surface area (Å²) in [6.45, 7) is 5.22. The average Bonchev–Trinajstić information content (AvgIpc) is 2.52. The topological polar surface area (TPSA) is 38.1 Å². The molecular formula is C12H17N3O. The van der Waals surface area contributed by atoms with Gasteiger partial charge in [0.1, 0.15) is 5.82 Å². The molecule has 0 amide bonds. The molecule has 1 heterocycles. The van der Waals surface area contributed by atoms with E-state index in [4.69, 9.17) is 6.42 Å². The van der Waals surface area contributed by atoms with Crippen molar-refractivity contribution in [2.45, 2.75) is 20.3 Å². The van der Waals surface area contributed by atoms with Gasteiger partial charge in [-0.05, 0) is 13.3 Å². The Labute approximate surface area is 96.2 Å². The van der Waals surface area contributed by atoms with Crippen molar-refractivity contribution < 1.29 is 4.79 Å². The maximum absolute atomic E-state index is 11.0. The molecule has 0 fully saturated rings. The number of aldehydes is 1. The van der Waals surface area contributed by atoms with Gasteiger partial charge in [-0.2, -0.15) is 5.10 Å². The van der Waals surface area contributed by atoms with Crippen LogP contribution in [0.15, 0.2) is 0 Å². The highest BCUT2D eigenvalue weighted by Gasteiger charge is 2.17. The minimum absolute atomic E-state index is 0.494. The predicted octanol–water partition coefficient (Wildman–Crippen LogP) is 1.39. The summed E-state index contributed by atoms with van der Waals surface area (Å²) in [5.74, 6) is 3.42. The Morgan fingerprint density at radius 1 is 1.62 bits per heavy atom. The number of hydrogen-bond donors (Lipinski definition) is 0. The third-order valence-corrected chi connectivity index (χ3v) is 2.43. The maximum Gasteiger partial charge on any atom is 0.155 e. The summed E-state index contributed by atoms with van der Waals surface area (Å²) in [4.78, 5) is 13.0. The van der Waals surface area contributed by atoms with Gasteiger partial charge in [0.15, 0.2) is 6.29 Å². The molecule has 1 aromatic rings. The molecule has 0 saturated heterocycles. The summed E-state index contributed by atoms with van der Waals surface area (Å²) in [6, 6.07) is 0. The van der Waals surface area contributed by atoms with Gasteiger partial charge in [-0.15, -0.1) is 6.42 Å². The molecule has 0 aliphatic heterocycles. The van der Waals surface area contributed by atoms with Crippen LogP contribution in [0.25, 0.3) is 0 Å². The van der Waals surface area contributed by atoms with Crippen LogP contribution in [-0.2, 0) is 7.05 Å². The van der Waals surface area contributed by atoms with Gasteiger partial charge in [0.25, 0.3) is 0 Å². The van der Waals surface area contributed by atoms with Crippen molar-refractivity contribution in [3.63, 3.8) is 0 Å². The lowest BCUT2D eigenvalue weighted by atomic mass is 10.2. The van der Waals surface area contributed by atoms with E-state index in [2.05, 4.69) is 17.9 Å². The maximum atomic E-state index is 11.0. The summed E-state index contributed by atoms with van der Waals surface area (Å²) in [7, 11) is 1.83. The van der Waals surface area contributed by atoms with Crippen LogP contribution in [0.4, 0.5) is 5.82 Å². The van der Waals surface area contributed by atoms with E-state index in [1.165, 1.54) is 0 Å². The van der Waals surface area contributed by atoms with Crippen molar-refractivity contribution in [1.82, 2.24) is 9.78 Å². The highest BCUT2D eigenvalue weighted by Crippen LogP contribution is 2.21. The zero-order valence-corrected chi connectivity index (χ0v) is 10.0. The van der Waals surface area contributed by atoms with Gasteiger partial charge < -0.3 is 4.90 Å². The Bertz CT molecular complexity index is 415. The first-order valence-corrected chi connectivity index (χ1v) is 5.32. The lowest BCUT2D eigenvalue weighted by molar-refractivity contribution is 0.112. The van der Waals surface area contributed by atoms with Crippen LogP contribution in [0.1, 0.15) is 29.4 Å². The van der Waals surface area contributed by atoms with Crippen LogP contribution in [-0.4, -0.2) is 29.2 Å². The van der Waals surface area contributed by atoms with Crippen LogP contribution in [0.3, 0.4) is 0 Å². The van der Waals surface area contributed by atoms with Gasteiger partial charge in [0.05, 0.1) is 17.8 Å². The van der Waals surface area contributed by atoms with E-state index in [9.17, 15) is 4.79 Å². The van der Waals surface area contributed by atoms with E-state index in [0.717, 1.165) is 30.8 Å². The average molecular weight is 219 g/mol. The third-order valence-electron chi connectivity index (χ3n) is 2.43. The Morgan fingerprint density at radius 2 is 2.31 bits per heavy atom. The molecule has 0 unspecified atom stereocenters. The van der Waals surface area contributed by atoms with Crippen molar-refractivity contribution in [1.29, 1.82) is 0 Å². The molecule has 0 spiro atoms. The Morgan fingerprint density at radius 3 is 2.81 bits per heavy atom. The van der Waals surface area contributed by atoms with E-state index in [1.807, 2.05) is 18.9 Å². The smallest absolute Gasteiger partial charge is 0.155 e. The van der Waals surface area contributed by atoms with E-state index in [1.54, 1.807) is 4.68 Å².